The number of aromatic nitrogens is 5. The van der Waals surface area contributed by atoms with Crippen molar-refractivity contribution in [3.05, 3.63) is 23.3 Å². The van der Waals surface area contributed by atoms with Gasteiger partial charge in [0.1, 0.15) is 5.82 Å². The molecule has 78 valence electrons. The van der Waals surface area contributed by atoms with E-state index in [9.17, 15) is 0 Å². The second-order valence-corrected chi connectivity index (χ2v) is 3.44. The molecule has 0 aliphatic rings. The van der Waals surface area contributed by atoms with E-state index in [2.05, 4.69) is 25.4 Å². The molecular weight excluding hydrogens is 190 g/mol. The SMILES string of the molecule is CCc1nnc(C)cc1-c1n[nH]c(C)n1. The summed E-state index contributed by atoms with van der Waals surface area (Å²) in [7, 11) is 0. The van der Waals surface area contributed by atoms with Crippen LogP contribution in [0.3, 0.4) is 0 Å². The largest absolute Gasteiger partial charge is 0.263 e. The van der Waals surface area contributed by atoms with Crippen molar-refractivity contribution in [2.75, 3.05) is 0 Å². The molecule has 0 unspecified atom stereocenters. The standard InChI is InChI=1S/C10H13N5/c1-4-9-8(5-6(2)12-14-9)10-11-7(3)13-15-10/h5H,4H2,1-3H3,(H,11,13,15). The van der Waals surface area contributed by atoms with Crippen molar-refractivity contribution in [1.29, 1.82) is 0 Å². The quantitative estimate of drug-likeness (QED) is 0.802. The third-order valence-corrected chi connectivity index (χ3v) is 2.17. The van der Waals surface area contributed by atoms with Crippen LogP contribution >= 0.6 is 0 Å². The molecule has 2 aromatic rings. The van der Waals surface area contributed by atoms with Crippen LogP contribution in [0.2, 0.25) is 0 Å². The fourth-order valence-electron chi connectivity index (χ4n) is 1.43. The Balaban J connectivity index is 2.55. The van der Waals surface area contributed by atoms with Gasteiger partial charge in [-0.15, -0.1) is 0 Å². The molecule has 2 rings (SSSR count). The normalized spacial score (nSPS) is 10.6. The van der Waals surface area contributed by atoms with Gasteiger partial charge in [0.2, 0.25) is 0 Å². The zero-order chi connectivity index (χ0) is 10.8. The van der Waals surface area contributed by atoms with Gasteiger partial charge in [-0.05, 0) is 26.3 Å². The van der Waals surface area contributed by atoms with E-state index in [-0.39, 0.29) is 0 Å². The molecule has 5 heteroatoms. The fourth-order valence-corrected chi connectivity index (χ4v) is 1.43. The predicted molar refractivity (Wildman–Crippen MR) is 56.3 cm³/mol. The molecule has 5 nitrogen and oxygen atoms in total. The monoisotopic (exact) mass is 203 g/mol. The van der Waals surface area contributed by atoms with Gasteiger partial charge in [0.15, 0.2) is 5.82 Å². The maximum absolute atomic E-state index is 4.30. The predicted octanol–water partition coefficient (Wildman–Crippen LogP) is 1.44. The van der Waals surface area contributed by atoms with Gasteiger partial charge in [0, 0.05) is 5.56 Å². The summed E-state index contributed by atoms with van der Waals surface area (Å²) in [5, 5.41) is 15.1. The van der Waals surface area contributed by atoms with Gasteiger partial charge in [0.05, 0.1) is 11.4 Å². The third-order valence-electron chi connectivity index (χ3n) is 2.17. The number of H-pyrrole nitrogens is 1. The zero-order valence-corrected chi connectivity index (χ0v) is 9.07. The van der Waals surface area contributed by atoms with Crippen LogP contribution in [-0.2, 0) is 6.42 Å². The van der Waals surface area contributed by atoms with Gasteiger partial charge in [-0.2, -0.15) is 15.3 Å². The molecule has 0 saturated carbocycles. The number of aromatic amines is 1. The molecule has 0 atom stereocenters. The van der Waals surface area contributed by atoms with Crippen LogP contribution in [0.5, 0.6) is 0 Å². The first-order valence-corrected chi connectivity index (χ1v) is 4.93. The molecule has 0 amide bonds. The first-order valence-electron chi connectivity index (χ1n) is 4.93. The first kappa shape index (κ1) is 9.76. The van der Waals surface area contributed by atoms with Crippen LogP contribution < -0.4 is 0 Å². The Kier molecular flexibility index (Phi) is 2.45. The lowest BCUT2D eigenvalue weighted by molar-refractivity contribution is 0.892. The van der Waals surface area contributed by atoms with E-state index in [1.807, 2.05) is 26.8 Å². The van der Waals surface area contributed by atoms with E-state index in [1.54, 1.807) is 0 Å². The molecule has 0 aliphatic carbocycles. The van der Waals surface area contributed by atoms with E-state index in [1.165, 1.54) is 0 Å². The number of hydrogen-bond acceptors (Lipinski definition) is 4. The molecule has 0 bridgehead atoms. The summed E-state index contributed by atoms with van der Waals surface area (Å²) in [6, 6.07) is 1.97. The number of hydrogen-bond donors (Lipinski definition) is 1. The highest BCUT2D eigenvalue weighted by atomic mass is 15.2. The topological polar surface area (TPSA) is 67.3 Å². The van der Waals surface area contributed by atoms with Crippen molar-refractivity contribution in [2.24, 2.45) is 0 Å². The first-order chi connectivity index (χ1) is 7.20. The van der Waals surface area contributed by atoms with Crippen LogP contribution in [0.25, 0.3) is 11.4 Å². The van der Waals surface area contributed by atoms with Crippen molar-refractivity contribution in [3.63, 3.8) is 0 Å². The van der Waals surface area contributed by atoms with Gasteiger partial charge in [-0.1, -0.05) is 6.92 Å². The van der Waals surface area contributed by atoms with Crippen molar-refractivity contribution in [3.8, 4) is 11.4 Å². The van der Waals surface area contributed by atoms with Crippen LogP contribution in [0.15, 0.2) is 6.07 Å². The molecule has 2 heterocycles. The second kappa shape index (κ2) is 3.76. The summed E-state index contributed by atoms with van der Waals surface area (Å²) in [5.74, 6) is 1.50. The minimum absolute atomic E-state index is 0.697. The summed E-state index contributed by atoms with van der Waals surface area (Å²) in [6.45, 7) is 5.83. The van der Waals surface area contributed by atoms with Gasteiger partial charge < -0.3 is 0 Å². The Labute approximate surface area is 88.0 Å². The Morgan fingerprint density at radius 1 is 1.27 bits per heavy atom. The number of nitrogens with one attached hydrogen (secondary N) is 1. The van der Waals surface area contributed by atoms with Gasteiger partial charge >= 0.3 is 0 Å². The average molecular weight is 203 g/mol. The zero-order valence-electron chi connectivity index (χ0n) is 9.07. The van der Waals surface area contributed by atoms with Crippen LogP contribution in [0.4, 0.5) is 0 Å². The smallest absolute Gasteiger partial charge is 0.183 e. The average Bonchev–Trinajstić information content (AvgIpc) is 2.65. The summed E-state index contributed by atoms with van der Waals surface area (Å²) in [5.41, 5.74) is 2.78. The highest BCUT2D eigenvalue weighted by Crippen LogP contribution is 2.18. The van der Waals surface area contributed by atoms with E-state index in [0.29, 0.717) is 5.82 Å². The lowest BCUT2D eigenvalue weighted by Crippen LogP contribution is -1.98. The second-order valence-electron chi connectivity index (χ2n) is 3.44. The fraction of sp³-hybridized carbons (Fsp3) is 0.400. The van der Waals surface area contributed by atoms with Crippen LogP contribution in [0.1, 0.15) is 24.1 Å². The molecule has 0 aliphatic heterocycles. The number of nitrogens with zero attached hydrogens (tertiary/aromatic N) is 4. The molecule has 2 aromatic heterocycles. The Bertz CT molecular complexity index is 474. The summed E-state index contributed by atoms with van der Waals surface area (Å²) in [6.07, 6.45) is 0.830. The molecule has 0 radical (unpaired) electrons. The van der Waals surface area contributed by atoms with E-state index < -0.39 is 0 Å². The van der Waals surface area contributed by atoms with Crippen LogP contribution in [0, 0.1) is 13.8 Å². The van der Waals surface area contributed by atoms with Crippen molar-refractivity contribution < 1.29 is 0 Å². The molecule has 0 saturated heterocycles. The highest BCUT2D eigenvalue weighted by Gasteiger charge is 2.10. The van der Waals surface area contributed by atoms with Gasteiger partial charge in [-0.3, -0.25) is 5.10 Å². The molecule has 15 heavy (non-hydrogen) atoms. The maximum Gasteiger partial charge on any atom is 0.183 e. The van der Waals surface area contributed by atoms with Gasteiger partial charge in [-0.25, -0.2) is 4.98 Å². The summed E-state index contributed by atoms with van der Waals surface area (Å²) in [4.78, 5) is 4.30. The van der Waals surface area contributed by atoms with E-state index >= 15 is 0 Å². The van der Waals surface area contributed by atoms with Crippen molar-refractivity contribution >= 4 is 0 Å². The van der Waals surface area contributed by atoms with Crippen molar-refractivity contribution in [1.82, 2.24) is 25.4 Å². The molecule has 1 N–H and O–H groups in total. The molecule has 0 fully saturated rings. The summed E-state index contributed by atoms with van der Waals surface area (Å²) < 4.78 is 0. The summed E-state index contributed by atoms with van der Waals surface area (Å²) >= 11 is 0. The van der Waals surface area contributed by atoms with Gasteiger partial charge in [0.25, 0.3) is 0 Å². The molecular formula is C10H13N5. The minimum Gasteiger partial charge on any atom is -0.263 e. The van der Waals surface area contributed by atoms with Crippen molar-refractivity contribution in [2.45, 2.75) is 27.2 Å². The Hall–Kier alpha value is -1.78. The lowest BCUT2D eigenvalue weighted by atomic mass is 10.1. The van der Waals surface area contributed by atoms with E-state index in [0.717, 1.165) is 29.2 Å². The highest BCUT2D eigenvalue weighted by molar-refractivity contribution is 5.57. The Morgan fingerprint density at radius 3 is 2.67 bits per heavy atom. The Morgan fingerprint density at radius 2 is 2.07 bits per heavy atom. The third kappa shape index (κ3) is 1.86. The lowest BCUT2D eigenvalue weighted by Gasteiger charge is -2.02. The molecule has 0 aromatic carbocycles. The number of rotatable bonds is 2. The number of aryl methyl sites for hydroxylation is 3. The minimum atomic E-state index is 0.697. The van der Waals surface area contributed by atoms with E-state index in [4.69, 9.17) is 0 Å². The maximum atomic E-state index is 4.30. The van der Waals surface area contributed by atoms with Crippen LogP contribution in [-0.4, -0.2) is 25.4 Å². The molecule has 0 spiro atoms.